The Kier molecular flexibility index (Phi) is 4.79. The largest absolute Gasteiger partial charge is 0.345 e. The topological polar surface area (TPSA) is 84.0 Å². The van der Waals surface area contributed by atoms with E-state index in [9.17, 15) is 9.59 Å². The van der Waals surface area contributed by atoms with E-state index in [1.54, 1.807) is 23.2 Å². The number of carbonyl (C=O) groups excluding carboxylic acids is 2. The number of thiazole rings is 2. The molecule has 0 aromatic carbocycles. The number of hydrogen-bond acceptors (Lipinski definition) is 6. The molecule has 2 aromatic rings. The predicted octanol–water partition coefficient (Wildman–Crippen LogP) is 2.07. The van der Waals surface area contributed by atoms with Crippen LogP contribution in [-0.4, -0.2) is 33.9 Å². The molecule has 22 heavy (non-hydrogen) atoms. The second-order valence-electron chi connectivity index (χ2n) is 5.12. The molecule has 2 unspecified atom stereocenters. The minimum absolute atomic E-state index is 0.0611. The molecule has 1 fully saturated rings. The number of nitrogens with one attached hydrogen (secondary N) is 2. The summed E-state index contributed by atoms with van der Waals surface area (Å²) in [7, 11) is 0. The Morgan fingerprint density at radius 1 is 0.909 bits per heavy atom. The molecule has 0 aliphatic heterocycles. The van der Waals surface area contributed by atoms with Crippen molar-refractivity contribution in [2.75, 3.05) is 0 Å². The fourth-order valence-corrected chi connectivity index (χ4v) is 3.68. The summed E-state index contributed by atoms with van der Waals surface area (Å²) in [6.07, 6.45) is 7.04. The fourth-order valence-electron chi connectivity index (χ4n) is 2.61. The second-order valence-corrected chi connectivity index (χ2v) is 6.91. The molecule has 2 aromatic heterocycles. The zero-order valence-electron chi connectivity index (χ0n) is 11.8. The smallest absolute Gasteiger partial charge is 0.280 e. The third kappa shape index (κ3) is 3.50. The van der Waals surface area contributed by atoms with Gasteiger partial charge in [0.05, 0.1) is 0 Å². The van der Waals surface area contributed by atoms with Crippen molar-refractivity contribution in [2.24, 2.45) is 0 Å². The van der Waals surface area contributed by atoms with Gasteiger partial charge in [0.2, 0.25) is 0 Å². The Labute approximate surface area is 136 Å². The van der Waals surface area contributed by atoms with Crippen molar-refractivity contribution in [3.05, 3.63) is 33.2 Å². The average Bonchev–Trinajstić information content (AvgIpc) is 3.23. The molecule has 2 N–H and O–H groups in total. The van der Waals surface area contributed by atoms with Crippen LogP contribution in [0.15, 0.2) is 23.2 Å². The molecule has 0 radical (unpaired) electrons. The Morgan fingerprint density at radius 3 is 1.73 bits per heavy atom. The van der Waals surface area contributed by atoms with E-state index in [0.29, 0.717) is 10.0 Å². The van der Waals surface area contributed by atoms with Gasteiger partial charge in [-0.1, -0.05) is 12.8 Å². The van der Waals surface area contributed by atoms with Gasteiger partial charge in [0.25, 0.3) is 11.8 Å². The number of amides is 2. The number of carbonyl (C=O) groups is 2. The molecule has 1 aliphatic rings. The molecular weight excluding hydrogens is 320 g/mol. The molecular formula is C14H16N4O2S2. The van der Waals surface area contributed by atoms with Gasteiger partial charge in [-0.15, -0.1) is 22.7 Å². The highest BCUT2D eigenvalue weighted by molar-refractivity contribution is 7.11. The van der Waals surface area contributed by atoms with Crippen LogP contribution in [0.4, 0.5) is 0 Å². The van der Waals surface area contributed by atoms with E-state index in [1.807, 2.05) is 0 Å². The van der Waals surface area contributed by atoms with Crippen molar-refractivity contribution in [2.45, 2.75) is 37.8 Å². The first-order chi connectivity index (χ1) is 10.7. The molecule has 0 saturated heterocycles. The first kappa shape index (κ1) is 15.1. The minimum atomic E-state index is -0.171. The normalized spacial score (nSPS) is 21.3. The van der Waals surface area contributed by atoms with Gasteiger partial charge >= 0.3 is 0 Å². The lowest BCUT2D eigenvalue weighted by Gasteiger charge is -2.32. The molecule has 116 valence electrons. The zero-order chi connectivity index (χ0) is 15.4. The highest BCUT2D eigenvalue weighted by atomic mass is 32.1. The first-order valence-corrected chi connectivity index (χ1v) is 8.90. The van der Waals surface area contributed by atoms with Gasteiger partial charge in [-0.3, -0.25) is 9.59 Å². The van der Waals surface area contributed by atoms with Gasteiger partial charge in [0.1, 0.15) is 0 Å². The van der Waals surface area contributed by atoms with Crippen LogP contribution in [0.5, 0.6) is 0 Å². The van der Waals surface area contributed by atoms with E-state index in [2.05, 4.69) is 20.6 Å². The number of hydrogen-bond donors (Lipinski definition) is 2. The Morgan fingerprint density at radius 2 is 1.36 bits per heavy atom. The molecule has 0 bridgehead atoms. The van der Waals surface area contributed by atoms with Gasteiger partial charge in [-0.2, -0.15) is 0 Å². The lowest BCUT2D eigenvalue weighted by atomic mass is 9.90. The minimum Gasteiger partial charge on any atom is -0.345 e. The van der Waals surface area contributed by atoms with Gasteiger partial charge < -0.3 is 10.6 Å². The van der Waals surface area contributed by atoms with Crippen LogP contribution in [0.1, 0.15) is 45.3 Å². The van der Waals surface area contributed by atoms with Crippen molar-refractivity contribution >= 4 is 34.5 Å². The summed E-state index contributed by atoms with van der Waals surface area (Å²) < 4.78 is 0. The van der Waals surface area contributed by atoms with Crippen LogP contribution < -0.4 is 10.6 Å². The molecule has 6 nitrogen and oxygen atoms in total. The van der Waals surface area contributed by atoms with E-state index >= 15 is 0 Å². The Hall–Kier alpha value is -1.80. The Balaban J connectivity index is 1.63. The standard InChI is InChI=1S/C14H16N4O2S2/c19-11(13-15-5-7-21-13)17-9-3-1-2-4-10(9)18-12(20)14-16-6-8-22-14/h5-10H,1-4H2,(H,17,19)(H,18,20). The molecule has 2 atom stereocenters. The highest BCUT2D eigenvalue weighted by Gasteiger charge is 2.29. The van der Waals surface area contributed by atoms with Gasteiger partial charge in [0.15, 0.2) is 10.0 Å². The van der Waals surface area contributed by atoms with E-state index in [4.69, 9.17) is 0 Å². The molecule has 2 heterocycles. The van der Waals surface area contributed by atoms with Crippen LogP contribution in [0.2, 0.25) is 0 Å². The molecule has 2 amide bonds. The van der Waals surface area contributed by atoms with E-state index in [-0.39, 0.29) is 23.9 Å². The van der Waals surface area contributed by atoms with Crippen LogP contribution >= 0.6 is 22.7 Å². The third-order valence-electron chi connectivity index (χ3n) is 3.65. The number of aromatic nitrogens is 2. The van der Waals surface area contributed by atoms with Crippen molar-refractivity contribution in [3.8, 4) is 0 Å². The van der Waals surface area contributed by atoms with Crippen molar-refractivity contribution < 1.29 is 9.59 Å². The average molecular weight is 336 g/mol. The lowest BCUT2D eigenvalue weighted by Crippen LogP contribution is -2.53. The summed E-state index contributed by atoms with van der Waals surface area (Å²) in [5.41, 5.74) is 0. The van der Waals surface area contributed by atoms with Crippen LogP contribution in [0.3, 0.4) is 0 Å². The maximum Gasteiger partial charge on any atom is 0.280 e. The molecule has 1 saturated carbocycles. The van der Waals surface area contributed by atoms with Crippen LogP contribution in [0, 0.1) is 0 Å². The van der Waals surface area contributed by atoms with Crippen molar-refractivity contribution in [1.29, 1.82) is 0 Å². The monoisotopic (exact) mass is 336 g/mol. The van der Waals surface area contributed by atoms with Crippen LogP contribution in [-0.2, 0) is 0 Å². The predicted molar refractivity (Wildman–Crippen MR) is 85.2 cm³/mol. The fraction of sp³-hybridized carbons (Fsp3) is 0.429. The van der Waals surface area contributed by atoms with Gasteiger partial charge in [-0.05, 0) is 12.8 Å². The highest BCUT2D eigenvalue weighted by Crippen LogP contribution is 2.20. The van der Waals surface area contributed by atoms with E-state index in [0.717, 1.165) is 25.7 Å². The SMILES string of the molecule is O=C(NC1CCCCC1NC(=O)c1nccs1)c1nccs1. The Bertz CT molecular complexity index is 571. The van der Waals surface area contributed by atoms with E-state index in [1.165, 1.54) is 22.7 Å². The molecule has 8 heteroatoms. The summed E-state index contributed by atoms with van der Waals surface area (Å²) in [6.45, 7) is 0. The van der Waals surface area contributed by atoms with Gasteiger partial charge in [-0.25, -0.2) is 9.97 Å². The second kappa shape index (κ2) is 6.97. The van der Waals surface area contributed by atoms with Gasteiger partial charge in [0, 0.05) is 35.2 Å². The zero-order valence-corrected chi connectivity index (χ0v) is 13.5. The molecule has 0 spiro atoms. The van der Waals surface area contributed by atoms with Crippen molar-refractivity contribution in [1.82, 2.24) is 20.6 Å². The summed E-state index contributed by atoms with van der Waals surface area (Å²) in [5.74, 6) is -0.342. The summed E-state index contributed by atoms with van der Waals surface area (Å²) in [5, 5.41) is 10.5. The quantitative estimate of drug-likeness (QED) is 0.895. The number of rotatable bonds is 4. The molecule has 3 rings (SSSR count). The third-order valence-corrected chi connectivity index (χ3v) is 5.20. The summed E-state index contributed by atoms with van der Waals surface area (Å²) in [4.78, 5) is 32.3. The number of nitrogens with zero attached hydrogens (tertiary/aromatic N) is 2. The summed E-state index contributed by atoms with van der Waals surface area (Å²) in [6, 6.07) is -0.122. The van der Waals surface area contributed by atoms with Crippen molar-refractivity contribution in [3.63, 3.8) is 0 Å². The molecule has 1 aliphatic carbocycles. The lowest BCUT2D eigenvalue weighted by molar-refractivity contribution is 0.0862. The maximum atomic E-state index is 12.1. The summed E-state index contributed by atoms with van der Waals surface area (Å²) >= 11 is 2.63. The van der Waals surface area contributed by atoms with E-state index < -0.39 is 0 Å². The van der Waals surface area contributed by atoms with Crippen LogP contribution in [0.25, 0.3) is 0 Å². The maximum absolute atomic E-state index is 12.1. The first-order valence-electron chi connectivity index (χ1n) is 7.15.